The number of aryl methyl sites for hydroxylation is 2. The molecule has 27 heavy (non-hydrogen) atoms. The molecule has 1 atom stereocenters. The summed E-state index contributed by atoms with van der Waals surface area (Å²) in [4.78, 5) is 17.6. The Morgan fingerprint density at radius 3 is 2.56 bits per heavy atom. The molecule has 3 rings (SSSR count). The Bertz CT molecular complexity index is 894. The Kier molecular flexibility index (Phi) is 6.19. The molecular weight excluding hydrogens is 361 g/mol. The molecule has 1 heterocycles. The van der Waals surface area contributed by atoms with Crippen LogP contribution in [0, 0.1) is 12.7 Å². The highest BCUT2D eigenvalue weighted by molar-refractivity contribution is 7.17. The second-order valence-corrected chi connectivity index (χ2v) is 7.46. The van der Waals surface area contributed by atoms with E-state index in [4.69, 9.17) is 0 Å². The molecule has 0 unspecified atom stereocenters. The summed E-state index contributed by atoms with van der Waals surface area (Å²) in [5, 5.41) is 6.77. The average molecular weight is 383 g/mol. The highest BCUT2D eigenvalue weighted by Crippen LogP contribution is 2.26. The Balaban J connectivity index is 1.57. The zero-order valence-electron chi connectivity index (χ0n) is 15.3. The number of hydrogen-bond donors (Lipinski definition) is 2. The number of amides is 1. The van der Waals surface area contributed by atoms with E-state index in [0.717, 1.165) is 18.5 Å². The van der Waals surface area contributed by atoms with Gasteiger partial charge < -0.3 is 10.6 Å². The van der Waals surface area contributed by atoms with Crippen molar-refractivity contribution in [1.29, 1.82) is 0 Å². The predicted octanol–water partition coefficient (Wildman–Crippen LogP) is 5.09. The van der Waals surface area contributed by atoms with Gasteiger partial charge in [0.2, 0.25) is 0 Å². The van der Waals surface area contributed by atoms with Gasteiger partial charge in [-0.2, -0.15) is 0 Å². The molecule has 1 aromatic heterocycles. The molecule has 0 spiro atoms. The van der Waals surface area contributed by atoms with Crippen LogP contribution >= 0.6 is 11.3 Å². The van der Waals surface area contributed by atoms with Crippen LogP contribution in [-0.4, -0.2) is 16.9 Å². The number of carbonyl (C=O) groups excluding carboxylic acids is 1. The molecule has 0 aliphatic heterocycles. The Morgan fingerprint density at radius 2 is 1.85 bits per heavy atom. The van der Waals surface area contributed by atoms with Crippen LogP contribution in [-0.2, 0) is 6.42 Å². The average Bonchev–Trinajstić information content (AvgIpc) is 3.03. The fourth-order valence-corrected chi connectivity index (χ4v) is 3.60. The molecule has 2 aromatic carbocycles. The third-order valence-corrected chi connectivity index (χ3v) is 5.26. The Hall–Kier alpha value is -2.73. The summed E-state index contributed by atoms with van der Waals surface area (Å²) in [6.45, 7) is 3.82. The van der Waals surface area contributed by atoms with Crippen LogP contribution in [0.25, 0.3) is 0 Å². The molecule has 0 aliphatic carbocycles. The van der Waals surface area contributed by atoms with Gasteiger partial charge >= 0.3 is 0 Å². The summed E-state index contributed by atoms with van der Waals surface area (Å²) in [6, 6.07) is 16.3. The standard InChI is InChI=1S/C21H22FN3OS/c1-14(8-9-16-6-4-3-5-7-16)23-20(26)19-15(2)24-21(27-19)25-18-12-10-17(22)11-13-18/h3-7,10-14H,8-9H2,1-2H3,(H,23,26)(H,24,25)/t14-/m1/s1. The van der Waals surface area contributed by atoms with Gasteiger partial charge in [-0.3, -0.25) is 4.79 Å². The molecule has 0 saturated carbocycles. The first-order chi connectivity index (χ1) is 13.0. The molecule has 2 N–H and O–H groups in total. The number of hydrogen-bond acceptors (Lipinski definition) is 4. The van der Waals surface area contributed by atoms with Crippen molar-refractivity contribution in [3.05, 3.63) is 76.5 Å². The van der Waals surface area contributed by atoms with E-state index in [1.165, 1.54) is 29.0 Å². The summed E-state index contributed by atoms with van der Waals surface area (Å²) in [7, 11) is 0. The van der Waals surface area contributed by atoms with E-state index >= 15 is 0 Å². The normalized spacial score (nSPS) is 11.8. The van der Waals surface area contributed by atoms with Crippen molar-refractivity contribution >= 4 is 28.1 Å². The van der Waals surface area contributed by atoms with Crippen molar-refractivity contribution in [2.75, 3.05) is 5.32 Å². The highest BCUT2D eigenvalue weighted by Gasteiger charge is 2.17. The van der Waals surface area contributed by atoms with Gasteiger partial charge in [-0.15, -0.1) is 0 Å². The minimum Gasteiger partial charge on any atom is -0.349 e. The van der Waals surface area contributed by atoms with E-state index in [2.05, 4.69) is 27.8 Å². The predicted molar refractivity (Wildman–Crippen MR) is 108 cm³/mol. The van der Waals surface area contributed by atoms with Crippen molar-refractivity contribution in [3.8, 4) is 0 Å². The van der Waals surface area contributed by atoms with E-state index in [0.29, 0.717) is 15.7 Å². The number of aromatic nitrogens is 1. The van der Waals surface area contributed by atoms with Crippen molar-refractivity contribution in [3.63, 3.8) is 0 Å². The first kappa shape index (κ1) is 19.0. The van der Waals surface area contributed by atoms with Gasteiger partial charge in [0.25, 0.3) is 5.91 Å². The molecular formula is C21H22FN3OS. The topological polar surface area (TPSA) is 54.0 Å². The molecule has 0 bridgehead atoms. The lowest BCUT2D eigenvalue weighted by molar-refractivity contribution is 0.0941. The number of benzene rings is 2. The van der Waals surface area contributed by atoms with E-state index < -0.39 is 0 Å². The third kappa shape index (κ3) is 5.37. The minimum absolute atomic E-state index is 0.0627. The molecule has 0 aliphatic rings. The Morgan fingerprint density at radius 1 is 1.15 bits per heavy atom. The number of nitrogens with one attached hydrogen (secondary N) is 2. The molecule has 0 saturated heterocycles. The summed E-state index contributed by atoms with van der Waals surface area (Å²) in [6.07, 6.45) is 1.79. The van der Waals surface area contributed by atoms with Gasteiger partial charge in [-0.1, -0.05) is 41.7 Å². The van der Waals surface area contributed by atoms with Gasteiger partial charge in [0, 0.05) is 11.7 Å². The third-order valence-electron chi connectivity index (χ3n) is 4.18. The van der Waals surface area contributed by atoms with Crippen LogP contribution in [0.3, 0.4) is 0 Å². The maximum atomic E-state index is 13.0. The molecule has 140 valence electrons. The van der Waals surface area contributed by atoms with Gasteiger partial charge in [0.05, 0.1) is 5.69 Å². The van der Waals surface area contributed by atoms with Gasteiger partial charge in [-0.05, 0) is 56.5 Å². The number of halogens is 1. The number of nitrogens with zero attached hydrogens (tertiary/aromatic N) is 1. The fourth-order valence-electron chi connectivity index (χ4n) is 2.71. The first-order valence-corrected chi connectivity index (χ1v) is 9.67. The van der Waals surface area contributed by atoms with Crippen molar-refractivity contribution in [2.24, 2.45) is 0 Å². The van der Waals surface area contributed by atoms with Gasteiger partial charge in [-0.25, -0.2) is 9.37 Å². The lowest BCUT2D eigenvalue weighted by atomic mass is 10.1. The van der Waals surface area contributed by atoms with Crippen molar-refractivity contribution < 1.29 is 9.18 Å². The highest BCUT2D eigenvalue weighted by atomic mass is 32.1. The molecule has 3 aromatic rings. The summed E-state index contributed by atoms with van der Waals surface area (Å²) in [5.41, 5.74) is 2.67. The number of anilines is 2. The van der Waals surface area contributed by atoms with Crippen LogP contribution in [0.2, 0.25) is 0 Å². The number of thiazole rings is 1. The first-order valence-electron chi connectivity index (χ1n) is 8.86. The van der Waals surface area contributed by atoms with Crippen LogP contribution < -0.4 is 10.6 Å². The van der Waals surface area contributed by atoms with E-state index in [-0.39, 0.29) is 17.8 Å². The second-order valence-electron chi connectivity index (χ2n) is 6.46. The lowest BCUT2D eigenvalue weighted by Crippen LogP contribution is -2.32. The van der Waals surface area contributed by atoms with Crippen LogP contribution in [0.15, 0.2) is 54.6 Å². The number of carbonyl (C=O) groups is 1. The quantitative estimate of drug-likeness (QED) is 0.598. The minimum atomic E-state index is -0.291. The lowest BCUT2D eigenvalue weighted by Gasteiger charge is -2.13. The van der Waals surface area contributed by atoms with Crippen molar-refractivity contribution in [1.82, 2.24) is 10.3 Å². The molecule has 0 radical (unpaired) electrons. The molecule has 0 fully saturated rings. The smallest absolute Gasteiger partial charge is 0.263 e. The summed E-state index contributed by atoms with van der Waals surface area (Å²) in [5.74, 6) is -0.404. The zero-order valence-corrected chi connectivity index (χ0v) is 16.1. The fraction of sp³-hybridized carbons (Fsp3) is 0.238. The maximum Gasteiger partial charge on any atom is 0.263 e. The van der Waals surface area contributed by atoms with E-state index in [1.54, 1.807) is 12.1 Å². The number of rotatable bonds is 7. The summed E-state index contributed by atoms with van der Waals surface area (Å²) < 4.78 is 13.0. The van der Waals surface area contributed by atoms with Crippen LogP contribution in [0.5, 0.6) is 0 Å². The Labute approximate surface area is 162 Å². The zero-order chi connectivity index (χ0) is 19.2. The monoisotopic (exact) mass is 383 g/mol. The largest absolute Gasteiger partial charge is 0.349 e. The van der Waals surface area contributed by atoms with Gasteiger partial charge in [0.15, 0.2) is 5.13 Å². The van der Waals surface area contributed by atoms with Crippen LogP contribution in [0.4, 0.5) is 15.2 Å². The molecule has 4 nitrogen and oxygen atoms in total. The SMILES string of the molecule is Cc1nc(Nc2ccc(F)cc2)sc1C(=O)N[C@H](C)CCc1ccccc1. The second kappa shape index (κ2) is 8.77. The van der Waals surface area contributed by atoms with Crippen molar-refractivity contribution in [2.45, 2.75) is 32.7 Å². The summed E-state index contributed by atoms with van der Waals surface area (Å²) >= 11 is 1.30. The van der Waals surface area contributed by atoms with E-state index in [1.807, 2.05) is 32.0 Å². The molecule has 1 amide bonds. The van der Waals surface area contributed by atoms with Gasteiger partial charge in [0.1, 0.15) is 10.7 Å². The molecule has 6 heteroatoms. The maximum absolute atomic E-state index is 13.0. The van der Waals surface area contributed by atoms with E-state index in [9.17, 15) is 9.18 Å². The van der Waals surface area contributed by atoms with Crippen LogP contribution in [0.1, 0.15) is 34.3 Å².